The Kier molecular flexibility index (Phi) is 4.59. The van der Waals surface area contributed by atoms with Crippen molar-refractivity contribution >= 4 is 21.4 Å². The molecule has 0 aromatic heterocycles. The van der Waals surface area contributed by atoms with E-state index in [9.17, 15) is 8.42 Å². The molecule has 0 bridgehead atoms. The van der Waals surface area contributed by atoms with Crippen LogP contribution < -0.4 is 15.4 Å². The molecule has 1 aromatic rings. The molecular formula is C12H21N3O2S. The fraction of sp³-hybridized carbons (Fsp3) is 0.500. The highest BCUT2D eigenvalue weighted by Crippen LogP contribution is 2.25. The minimum absolute atomic E-state index is 0.119. The molecular weight excluding hydrogens is 250 g/mol. The van der Waals surface area contributed by atoms with E-state index in [4.69, 9.17) is 5.73 Å². The summed E-state index contributed by atoms with van der Waals surface area (Å²) < 4.78 is 25.7. The van der Waals surface area contributed by atoms with Gasteiger partial charge in [-0.15, -0.1) is 0 Å². The Balaban J connectivity index is 3.22. The van der Waals surface area contributed by atoms with Crippen LogP contribution >= 0.6 is 0 Å². The first-order valence-corrected chi connectivity index (χ1v) is 7.41. The van der Waals surface area contributed by atoms with Crippen LogP contribution in [0.1, 0.15) is 20.8 Å². The summed E-state index contributed by atoms with van der Waals surface area (Å²) in [6, 6.07) is 5.36. The van der Waals surface area contributed by atoms with Crippen LogP contribution in [-0.4, -0.2) is 28.1 Å². The highest BCUT2D eigenvalue weighted by Gasteiger charge is 2.17. The first-order valence-electron chi connectivity index (χ1n) is 5.93. The van der Waals surface area contributed by atoms with Crippen molar-refractivity contribution in [2.45, 2.75) is 31.7 Å². The maximum absolute atomic E-state index is 11.7. The average molecular weight is 271 g/mol. The second-order valence-corrected chi connectivity index (χ2v) is 6.16. The number of nitrogens with zero attached hydrogens (tertiary/aromatic N) is 1. The Bertz CT molecular complexity index is 512. The summed E-state index contributed by atoms with van der Waals surface area (Å²) in [5.41, 5.74) is 7.03. The predicted octanol–water partition coefficient (Wildman–Crippen LogP) is 1.41. The normalized spacial score (nSPS) is 11.8. The van der Waals surface area contributed by atoms with Gasteiger partial charge in [0.1, 0.15) is 4.90 Å². The van der Waals surface area contributed by atoms with Crippen LogP contribution in [0.4, 0.5) is 11.4 Å². The molecule has 0 unspecified atom stereocenters. The van der Waals surface area contributed by atoms with Gasteiger partial charge in [-0.05, 0) is 46.0 Å². The molecule has 0 radical (unpaired) electrons. The van der Waals surface area contributed by atoms with E-state index >= 15 is 0 Å². The van der Waals surface area contributed by atoms with Gasteiger partial charge in [0.05, 0.1) is 5.69 Å². The first kappa shape index (κ1) is 14.8. The van der Waals surface area contributed by atoms with Gasteiger partial charge in [0, 0.05) is 18.3 Å². The summed E-state index contributed by atoms with van der Waals surface area (Å²) >= 11 is 0. The fourth-order valence-electron chi connectivity index (χ4n) is 1.92. The lowest BCUT2D eigenvalue weighted by Crippen LogP contribution is -2.30. The molecule has 5 nitrogen and oxygen atoms in total. The van der Waals surface area contributed by atoms with Crippen molar-refractivity contribution in [3.05, 3.63) is 18.2 Å². The number of anilines is 2. The zero-order valence-electron chi connectivity index (χ0n) is 11.3. The number of nitrogens with two attached hydrogens (primary N) is 1. The summed E-state index contributed by atoms with van der Waals surface area (Å²) in [7, 11) is -2.12. The second-order valence-electron chi connectivity index (χ2n) is 4.31. The lowest BCUT2D eigenvalue weighted by molar-refractivity contribution is 0.588. The number of hydrogen-bond donors (Lipinski definition) is 2. The molecule has 0 heterocycles. The van der Waals surface area contributed by atoms with Crippen molar-refractivity contribution in [1.29, 1.82) is 0 Å². The summed E-state index contributed by atoms with van der Waals surface area (Å²) in [6.07, 6.45) is 0. The molecule has 0 saturated heterocycles. The van der Waals surface area contributed by atoms with E-state index in [1.807, 2.05) is 0 Å². The Morgan fingerprint density at radius 2 is 2.00 bits per heavy atom. The van der Waals surface area contributed by atoms with Crippen LogP contribution in [-0.2, 0) is 10.0 Å². The van der Waals surface area contributed by atoms with Crippen molar-refractivity contribution in [1.82, 2.24) is 4.72 Å². The molecule has 1 rings (SSSR count). The quantitative estimate of drug-likeness (QED) is 0.794. The van der Waals surface area contributed by atoms with Crippen LogP contribution in [0.5, 0.6) is 0 Å². The van der Waals surface area contributed by atoms with Gasteiger partial charge in [0.2, 0.25) is 10.0 Å². The molecule has 1 aromatic carbocycles. The molecule has 3 N–H and O–H groups in total. The van der Waals surface area contributed by atoms with E-state index in [2.05, 4.69) is 30.4 Å². The summed E-state index contributed by atoms with van der Waals surface area (Å²) in [6.45, 7) is 7.06. The Labute approximate surface area is 109 Å². The van der Waals surface area contributed by atoms with Crippen molar-refractivity contribution in [3.63, 3.8) is 0 Å². The van der Waals surface area contributed by atoms with Gasteiger partial charge >= 0.3 is 0 Å². The summed E-state index contributed by atoms with van der Waals surface area (Å²) in [4.78, 5) is 2.26. The van der Waals surface area contributed by atoms with E-state index in [-0.39, 0.29) is 10.6 Å². The Hall–Kier alpha value is -1.27. The summed E-state index contributed by atoms with van der Waals surface area (Å²) in [5.74, 6) is 0. The van der Waals surface area contributed by atoms with Crippen LogP contribution in [0.2, 0.25) is 0 Å². The van der Waals surface area contributed by atoms with Crippen molar-refractivity contribution < 1.29 is 8.42 Å². The number of nitrogen functional groups attached to an aromatic ring is 1. The highest BCUT2D eigenvalue weighted by atomic mass is 32.2. The van der Waals surface area contributed by atoms with E-state index in [0.717, 1.165) is 12.2 Å². The Morgan fingerprint density at radius 3 is 2.39 bits per heavy atom. The predicted molar refractivity (Wildman–Crippen MR) is 75.3 cm³/mol. The zero-order valence-corrected chi connectivity index (χ0v) is 12.1. The molecule has 18 heavy (non-hydrogen) atoms. The van der Waals surface area contributed by atoms with Gasteiger partial charge in [-0.2, -0.15) is 0 Å². The number of sulfonamides is 1. The van der Waals surface area contributed by atoms with Crippen LogP contribution in [0.25, 0.3) is 0 Å². The second kappa shape index (κ2) is 5.58. The van der Waals surface area contributed by atoms with Gasteiger partial charge < -0.3 is 10.6 Å². The van der Waals surface area contributed by atoms with E-state index < -0.39 is 10.0 Å². The molecule has 0 spiro atoms. The third kappa shape index (κ3) is 2.94. The van der Waals surface area contributed by atoms with Gasteiger partial charge in [-0.1, -0.05) is 0 Å². The van der Waals surface area contributed by atoms with Crippen LogP contribution in [0.15, 0.2) is 23.1 Å². The minimum Gasteiger partial charge on any atom is -0.398 e. The number of nitrogens with one attached hydrogen (secondary N) is 1. The molecule has 0 aliphatic carbocycles. The number of benzene rings is 1. The third-order valence-corrected chi connectivity index (χ3v) is 4.34. The molecule has 0 aliphatic rings. The summed E-state index contributed by atoms with van der Waals surface area (Å²) in [5, 5.41) is 0. The lowest BCUT2D eigenvalue weighted by Gasteiger charge is -2.28. The average Bonchev–Trinajstić information content (AvgIpc) is 2.29. The SMILES string of the molecule is CCN(c1ccc(S(=O)(=O)NC)c(N)c1)C(C)C. The third-order valence-electron chi connectivity index (χ3n) is 2.85. The van der Waals surface area contributed by atoms with Crippen LogP contribution in [0, 0.1) is 0 Å². The van der Waals surface area contributed by atoms with Crippen molar-refractivity contribution in [3.8, 4) is 0 Å². The molecule has 6 heteroatoms. The van der Waals surface area contributed by atoms with Gasteiger partial charge in [-0.25, -0.2) is 13.1 Å². The van der Waals surface area contributed by atoms with Crippen LogP contribution in [0.3, 0.4) is 0 Å². The topological polar surface area (TPSA) is 75.4 Å². The molecule has 0 saturated carbocycles. The zero-order chi connectivity index (χ0) is 13.9. The van der Waals surface area contributed by atoms with Gasteiger partial charge in [0.15, 0.2) is 0 Å². The minimum atomic E-state index is -3.49. The standard InChI is InChI=1S/C12H21N3O2S/c1-5-15(9(2)3)10-6-7-12(11(13)8-10)18(16,17)14-4/h6-9,14H,5,13H2,1-4H3. The molecule has 0 atom stereocenters. The number of hydrogen-bond acceptors (Lipinski definition) is 4. The molecule has 0 amide bonds. The monoisotopic (exact) mass is 271 g/mol. The first-order chi connectivity index (χ1) is 8.33. The maximum Gasteiger partial charge on any atom is 0.242 e. The Morgan fingerprint density at radius 1 is 1.39 bits per heavy atom. The molecule has 0 aliphatic heterocycles. The van der Waals surface area contributed by atoms with Crippen molar-refractivity contribution in [2.24, 2.45) is 0 Å². The largest absolute Gasteiger partial charge is 0.398 e. The van der Waals surface area contributed by atoms with E-state index in [0.29, 0.717) is 6.04 Å². The smallest absolute Gasteiger partial charge is 0.242 e. The van der Waals surface area contributed by atoms with Crippen molar-refractivity contribution in [2.75, 3.05) is 24.2 Å². The highest BCUT2D eigenvalue weighted by molar-refractivity contribution is 7.89. The van der Waals surface area contributed by atoms with Gasteiger partial charge in [0.25, 0.3) is 0 Å². The number of rotatable bonds is 5. The molecule has 0 fully saturated rings. The van der Waals surface area contributed by atoms with E-state index in [1.54, 1.807) is 18.2 Å². The van der Waals surface area contributed by atoms with E-state index in [1.165, 1.54) is 7.05 Å². The van der Waals surface area contributed by atoms with Gasteiger partial charge in [-0.3, -0.25) is 0 Å². The molecule has 102 valence electrons. The lowest BCUT2D eigenvalue weighted by atomic mass is 10.2. The maximum atomic E-state index is 11.7. The fourth-order valence-corrected chi connectivity index (χ4v) is 2.75.